The van der Waals surface area contributed by atoms with Crippen molar-refractivity contribution in [2.24, 2.45) is 4.36 Å². The number of nitrogens with zero attached hydrogens (tertiary/aromatic N) is 2. The Morgan fingerprint density at radius 2 is 2.10 bits per heavy atom. The molecule has 1 heterocycles. The minimum absolute atomic E-state index is 0.259. The molecule has 1 aromatic heterocycles. The Bertz CT molecular complexity index is 802. The quantitative estimate of drug-likeness (QED) is 0.943. The van der Waals surface area contributed by atoms with Gasteiger partial charge in [0.1, 0.15) is 5.69 Å². The van der Waals surface area contributed by atoms with E-state index in [0.29, 0.717) is 16.3 Å². The summed E-state index contributed by atoms with van der Waals surface area (Å²) in [6, 6.07) is 6.92. The maximum absolute atomic E-state index is 12.2. The Kier molecular flexibility index (Phi) is 4.43. The number of aryl methyl sites for hydroxylation is 2. The average molecular weight is 323 g/mol. The van der Waals surface area contributed by atoms with E-state index in [2.05, 4.69) is 14.7 Å². The van der Waals surface area contributed by atoms with E-state index < -0.39 is 9.73 Å². The molecule has 0 aliphatic heterocycles. The Morgan fingerprint density at radius 3 is 2.67 bits per heavy atom. The second kappa shape index (κ2) is 5.95. The predicted octanol–water partition coefficient (Wildman–Crippen LogP) is 3.10. The SMILES string of the molecule is CN=S(C)(=O)c1cccc(NC(=O)c2nc(C)sc2C)c1. The monoisotopic (exact) mass is 323 g/mol. The number of carbonyl (C=O) groups is 1. The highest BCUT2D eigenvalue weighted by atomic mass is 32.2. The molecule has 21 heavy (non-hydrogen) atoms. The van der Waals surface area contributed by atoms with Crippen LogP contribution in [0.5, 0.6) is 0 Å². The molecule has 7 heteroatoms. The number of anilines is 1. The highest BCUT2D eigenvalue weighted by Gasteiger charge is 2.14. The summed E-state index contributed by atoms with van der Waals surface area (Å²) in [7, 11) is -0.892. The molecule has 0 radical (unpaired) electrons. The van der Waals surface area contributed by atoms with Gasteiger partial charge < -0.3 is 5.32 Å². The third-order valence-electron chi connectivity index (χ3n) is 3.00. The smallest absolute Gasteiger partial charge is 0.275 e. The molecule has 0 saturated heterocycles. The summed E-state index contributed by atoms with van der Waals surface area (Å²) in [5.41, 5.74) is 1.01. The van der Waals surface area contributed by atoms with Gasteiger partial charge in [-0.1, -0.05) is 6.07 Å². The summed E-state index contributed by atoms with van der Waals surface area (Å²) in [4.78, 5) is 17.9. The van der Waals surface area contributed by atoms with E-state index in [9.17, 15) is 9.00 Å². The highest BCUT2D eigenvalue weighted by molar-refractivity contribution is 7.93. The normalized spacial score (nSPS) is 13.5. The van der Waals surface area contributed by atoms with Crippen molar-refractivity contribution in [3.05, 3.63) is 39.8 Å². The fraction of sp³-hybridized carbons (Fsp3) is 0.286. The van der Waals surface area contributed by atoms with E-state index in [0.717, 1.165) is 9.88 Å². The van der Waals surface area contributed by atoms with Crippen molar-refractivity contribution >= 4 is 32.7 Å². The molecule has 1 N–H and O–H groups in total. The van der Waals surface area contributed by atoms with Gasteiger partial charge in [0.2, 0.25) is 0 Å². The number of benzene rings is 1. The van der Waals surface area contributed by atoms with Crippen LogP contribution in [0, 0.1) is 13.8 Å². The number of thiazole rings is 1. The summed E-state index contributed by atoms with van der Waals surface area (Å²) >= 11 is 1.49. The van der Waals surface area contributed by atoms with Crippen LogP contribution < -0.4 is 5.32 Å². The van der Waals surface area contributed by atoms with Crippen LogP contribution in [0.15, 0.2) is 33.5 Å². The van der Waals surface area contributed by atoms with Crippen LogP contribution in [0.4, 0.5) is 5.69 Å². The average Bonchev–Trinajstić information content (AvgIpc) is 2.78. The van der Waals surface area contributed by atoms with Gasteiger partial charge in [0.25, 0.3) is 5.91 Å². The molecule has 2 aromatic rings. The maximum atomic E-state index is 12.2. The topological polar surface area (TPSA) is 71.4 Å². The Labute approximate surface area is 128 Å². The van der Waals surface area contributed by atoms with Crippen molar-refractivity contribution in [1.29, 1.82) is 0 Å². The lowest BCUT2D eigenvalue weighted by Gasteiger charge is -2.07. The summed E-state index contributed by atoms with van der Waals surface area (Å²) in [5, 5.41) is 3.64. The highest BCUT2D eigenvalue weighted by Crippen LogP contribution is 2.20. The van der Waals surface area contributed by atoms with Crippen molar-refractivity contribution in [2.75, 3.05) is 18.6 Å². The van der Waals surface area contributed by atoms with Gasteiger partial charge in [0.15, 0.2) is 0 Å². The van der Waals surface area contributed by atoms with Gasteiger partial charge in [-0.2, -0.15) is 0 Å². The van der Waals surface area contributed by atoms with Gasteiger partial charge in [0.05, 0.1) is 14.7 Å². The number of aromatic nitrogens is 1. The summed E-state index contributed by atoms with van der Waals surface area (Å²) < 4.78 is 16.1. The number of amides is 1. The van der Waals surface area contributed by atoms with Gasteiger partial charge in [-0.25, -0.2) is 13.6 Å². The number of nitrogens with one attached hydrogen (secondary N) is 1. The Balaban J connectivity index is 2.29. The second-order valence-corrected chi connectivity index (χ2v) is 8.45. The second-order valence-electron chi connectivity index (χ2n) is 4.60. The standard InChI is InChI=1S/C14H17N3O2S2/c1-9-13(16-10(2)20-9)14(18)17-11-6-5-7-12(8-11)21(4,19)15-3/h5-8H,1-4H3,(H,17,18). The first-order chi connectivity index (χ1) is 9.83. The lowest BCUT2D eigenvalue weighted by atomic mass is 10.3. The molecule has 5 nitrogen and oxygen atoms in total. The molecule has 1 amide bonds. The van der Waals surface area contributed by atoms with E-state index in [1.165, 1.54) is 18.4 Å². The molecule has 0 aliphatic rings. The van der Waals surface area contributed by atoms with Crippen molar-refractivity contribution < 1.29 is 9.00 Å². The van der Waals surface area contributed by atoms with Crippen molar-refractivity contribution in [2.45, 2.75) is 18.7 Å². The van der Waals surface area contributed by atoms with Crippen LogP contribution in [-0.4, -0.2) is 28.4 Å². The van der Waals surface area contributed by atoms with Crippen molar-refractivity contribution in [3.63, 3.8) is 0 Å². The van der Waals surface area contributed by atoms with Crippen LogP contribution in [0.1, 0.15) is 20.4 Å². The van der Waals surface area contributed by atoms with E-state index in [-0.39, 0.29) is 5.91 Å². The van der Waals surface area contributed by atoms with Gasteiger partial charge in [-0.05, 0) is 32.0 Å². The molecular formula is C14H17N3O2S2. The molecule has 0 bridgehead atoms. The van der Waals surface area contributed by atoms with Crippen LogP contribution >= 0.6 is 11.3 Å². The zero-order chi connectivity index (χ0) is 15.6. The Hall–Kier alpha value is -1.73. The molecular weight excluding hydrogens is 306 g/mol. The predicted molar refractivity (Wildman–Crippen MR) is 86.7 cm³/mol. The third-order valence-corrected chi connectivity index (χ3v) is 5.71. The fourth-order valence-electron chi connectivity index (χ4n) is 1.84. The molecule has 0 fully saturated rings. The van der Waals surface area contributed by atoms with E-state index in [1.807, 2.05) is 13.8 Å². The van der Waals surface area contributed by atoms with E-state index in [4.69, 9.17) is 0 Å². The van der Waals surface area contributed by atoms with Gasteiger partial charge in [-0.15, -0.1) is 11.3 Å². The van der Waals surface area contributed by atoms with Gasteiger partial charge in [0, 0.05) is 28.8 Å². The third kappa shape index (κ3) is 3.48. The largest absolute Gasteiger partial charge is 0.321 e. The van der Waals surface area contributed by atoms with Crippen molar-refractivity contribution in [3.8, 4) is 0 Å². The van der Waals surface area contributed by atoms with Crippen LogP contribution in [0.3, 0.4) is 0 Å². The maximum Gasteiger partial charge on any atom is 0.275 e. The zero-order valence-corrected chi connectivity index (χ0v) is 14.0. The molecule has 2 rings (SSSR count). The lowest BCUT2D eigenvalue weighted by Crippen LogP contribution is -2.14. The Morgan fingerprint density at radius 1 is 1.38 bits per heavy atom. The molecule has 1 aromatic carbocycles. The molecule has 1 atom stereocenters. The van der Waals surface area contributed by atoms with Gasteiger partial charge in [-0.3, -0.25) is 4.79 Å². The number of hydrogen-bond donors (Lipinski definition) is 1. The molecule has 1 unspecified atom stereocenters. The van der Waals surface area contributed by atoms with E-state index >= 15 is 0 Å². The minimum atomic E-state index is -2.42. The van der Waals surface area contributed by atoms with Crippen LogP contribution in [-0.2, 0) is 9.73 Å². The number of carbonyl (C=O) groups excluding carboxylic acids is 1. The minimum Gasteiger partial charge on any atom is -0.321 e. The van der Waals surface area contributed by atoms with Crippen LogP contribution in [0.2, 0.25) is 0 Å². The van der Waals surface area contributed by atoms with E-state index in [1.54, 1.807) is 30.5 Å². The molecule has 112 valence electrons. The summed E-state index contributed by atoms with van der Waals surface area (Å²) in [6.45, 7) is 3.73. The van der Waals surface area contributed by atoms with Crippen molar-refractivity contribution in [1.82, 2.24) is 4.98 Å². The first-order valence-electron chi connectivity index (χ1n) is 6.29. The molecule has 0 spiro atoms. The van der Waals surface area contributed by atoms with Gasteiger partial charge >= 0.3 is 0 Å². The fourth-order valence-corrected chi connectivity index (χ4v) is 3.55. The molecule has 0 aliphatic carbocycles. The summed E-state index contributed by atoms with van der Waals surface area (Å²) in [5.74, 6) is -0.259. The first kappa shape index (κ1) is 15.7. The zero-order valence-electron chi connectivity index (χ0n) is 12.3. The van der Waals surface area contributed by atoms with Crippen LogP contribution in [0.25, 0.3) is 0 Å². The number of hydrogen-bond acceptors (Lipinski definition) is 5. The number of rotatable bonds is 3. The lowest BCUT2D eigenvalue weighted by molar-refractivity contribution is 0.102. The summed E-state index contributed by atoms with van der Waals surface area (Å²) in [6.07, 6.45) is 1.57. The first-order valence-corrected chi connectivity index (χ1v) is 9.03. The molecule has 0 saturated carbocycles.